The molecule has 1 atom stereocenters. The van der Waals surface area contributed by atoms with E-state index in [4.69, 9.17) is 14.2 Å². The van der Waals surface area contributed by atoms with Gasteiger partial charge in [0.15, 0.2) is 0 Å². The predicted molar refractivity (Wildman–Crippen MR) is 65.7 cm³/mol. The molecule has 1 amide bonds. The maximum absolute atomic E-state index is 11.5. The highest BCUT2D eigenvalue weighted by atomic mass is 16.5. The van der Waals surface area contributed by atoms with Crippen LogP contribution in [0.2, 0.25) is 0 Å². The normalized spacial score (nSPS) is 19.4. The van der Waals surface area contributed by atoms with E-state index >= 15 is 0 Å². The summed E-state index contributed by atoms with van der Waals surface area (Å²) < 4.78 is 15.5. The minimum absolute atomic E-state index is 0.108. The third-order valence-corrected chi connectivity index (χ3v) is 2.99. The number of benzene rings is 1. The van der Waals surface area contributed by atoms with Crippen LogP contribution in [0.15, 0.2) is 24.3 Å². The van der Waals surface area contributed by atoms with Crippen LogP contribution in [0.3, 0.4) is 0 Å². The number of rotatable bonds is 2. The van der Waals surface area contributed by atoms with Crippen molar-refractivity contribution in [3.8, 4) is 5.75 Å². The lowest BCUT2D eigenvalue weighted by atomic mass is 10.1. The van der Waals surface area contributed by atoms with Crippen molar-refractivity contribution in [2.45, 2.75) is 6.10 Å². The van der Waals surface area contributed by atoms with Gasteiger partial charge in [-0.1, -0.05) is 12.1 Å². The number of hydrogen-bond acceptors (Lipinski definition) is 4. The Morgan fingerprint density at radius 3 is 2.67 bits per heavy atom. The van der Waals surface area contributed by atoms with Crippen LogP contribution in [0, 0.1) is 0 Å². The molecule has 1 unspecified atom stereocenters. The van der Waals surface area contributed by atoms with Gasteiger partial charge < -0.3 is 19.1 Å². The van der Waals surface area contributed by atoms with Crippen LogP contribution in [0.25, 0.3) is 0 Å². The van der Waals surface area contributed by atoms with Crippen LogP contribution in [0.1, 0.15) is 11.7 Å². The van der Waals surface area contributed by atoms with Gasteiger partial charge in [-0.2, -0.15) is 0 Å². The first-order chi connectivity index (χ1) is 8.74. The highest BCUT2D eigenvalue weighted by Crippen LogP contribution is 2.24. The van der Waals surface area contributed by atoms with Crippen molar-refractivity contribution in [3.63, 3.8) is 0 Å². The molecule has 0 saturated carbocycles. The summed E-state index contributed by atoms with van der Waals surface area (Å²) in [5.74, 6) is 0.805. The van der Waals surface area contributed by atoms with Gasteiger partial charge in [-0.25, -0.2) is 4.79 Å². The first-order valence-corrected chi connectivity index (χ1v) is 5.83. The summed E-state index contributed by atoms with van der Waals surface area (Å²) in [4.78, 5) is 13.1. The van der Waals surface area contributed by atoms with Crippen LogP contribution in [0.4, 0.5) is 4.79 Å². The number of nitrogens with zero attached hydrogens (tertiary/aromatic N) is 1. The number of methoxy groups -OCH3 is 2. The van der Waals surface area contributed by atoms with Crippen molar-refractivity contribution in [2.24, 2.45) is 0 Å². The van der Waals surface area contributed by atoms with E-state index in [1.54, 1.807) is 12.0 Å². The lowest BCUT2D eigenvalue weighted by molar-refractivity contribution is -0.0258. The van der Waals surface area contributed by atoms with Gasteiger partial charge in [0, 0.05) is 6.54 Å². The zero-order valence-corrected chi connectivity index (χ0v) is 10.6. The maximum Gasteiger partial charge on any atom is 0.409 e. The van der Waals surface area contributed by atoms with Crippen molar-refractivity contribution < 1.29 is 19.0 Å². The molecular weight excluding hydrogens is 234 g/mol. The lowest BCUT2D eigenvalue weighted by Crippen LogP contribution is -2.42. The van der Waals surface area contributed by atoms with Crippen molar-refractivity contribution in [3.05, 3.63) is 29.8 Å². The molecule has 0 aliphatic carbocycles. The van der Waals surface area contributed by atoms with E-state index in [2.05, 4.69) is 0 Å². The van der Waals surface area contributed by atoms with E-state index in [1.165, 1.54) is 7.11 Å². The summed E-state index contributed by atoms with van der Waals surface area (Å²) >= 11 is 0. The fourth-order valence-corrected chi connectivity index (χ4v) is 1.96. The smallest absolute Gasteiger partial charge is 0.409 e. The number of carbonyl (C=O) groups is 1. The Bertz CT molecular complexity index is 404. The second-order valence-electron chi connectivity index (χ2n) is 4.05. The van der Waals surface area contributed by atoms with Gasteiger partial charge in [0.25, 0.3) is 0 Å². The highest BCUT2D eigenvalue weighted by Gasteiger charge is 2.25. The lowest BCUT2D eigenvalue weighted by Gasteiger charge is -2.32. The summed E-state index contributed by atoms with van der Waals surface area (Å²) in [6, 6.07) is 7.67. The SMILES string of the molecule is COC(=O)N1CCOC(c2ccc(OC)cc2)C1. The van der Waals surface area contributed by atoms with E-state index in [9.17, 15) is 4.79 Å². The van der Waals surface area contributed by atoms with Crippen LogP contribution in [0.5, 0.6) is 5.75 Å². The van der Waals surface area contributed by atoms with E-state index in [0.29, 0.717) is 19.7 Å². The van der Waals surface area contributed by atoms with Gasteiger partial charge in [0.2, 0.25) is 0 Å². The fraction of sp³-hybridized carbons (Fsp3) is 0.462. The van der Waals surface area contributed by atoms with Crippen molar-refractivity contribution in [1.29, 1.82) is 0 Å². The Kier molecular flexibility index (Phi) is 4.04. The minimum atomic E-state index is -0.309. The van der Waals surface area contributed by atoms with Crippen molar-refractivity contribution >= 4 is 6.09 Å². The van der Waals surface area contributed by atoms with E-state index < -0.39 is 0 Å². The molecule has 0 aromatic heterocycles. The molecule has 18 heavy (non-hydrogen) atoms. The first-order valence-electron chi connectivity index (χ1n) is 5.83. The second-order valence-corrected chi connectivity index (χ2v) is 4.05. The standard InChI is InChI=1S/C13H17NO4/c1-16-11-5-3-10(4-6-11)12-9-14(7-8-18-12)13(15)17-2/h3-6,12H,7-9H2,1-2H3. The molecule has 1 fully saturated rings. The number of ether oxygens (including phenoxy) is 3. The third kappa shape index (κ3) is 2.73. The van der Waals surface area contributed by atoms with Crippen LogP contribution in [-0.4, -0.2) is 44.9 Å². The van der Waals surface area contributed by atoms with Crippen molar-refractivity contribution in [2.75, 3.05) is 33.9 Å². The molecule has 1 aromatic carbocycles. The van der Waals surface area contributed by atoms with Crippen LogP contribution in [-0.2, 0) is 9.47 Å². The monoisotopic (exact) mass is 251 g/mol. The molecule has 1 aromatic rings. The van der Waals surface area contributed by atoms with Crippen LogP contribution >= 0.6 is 0 Å². The highest BCUT2D eigenvalue weighted by molar-refractivity contribution is 5.67. The van der Waals surface area contributed by atoms with Gasteiger partial charge in [0.05, 0.1) is 27.4 Å². The topological polar surface area (TPSA) is 48.0 Å². The second kappa shape index (κ2) is 5.73. The third-order valence-electron chi connectivity index (χ3n) is 2.99. The maximum atomic E-state index is 11.5. The van der Waals surface area contributed by atoms with Gasteiger partial charge in [0.1, 0.15) is 11.9 Å². The molecule has 1 aliphatic heterocycles. The molecule has 1 heterocycles. The van der Waals surface area contributed by atoms with E-state index in [1.807, 2.05) is 24.3 Å². The molecule has 0 N–H and O–H groups in total. The summed E-state index contributed by atoms with van der Waals surface area (Å²) in [7, 11) is 3.02. The largest absolute Gasteiger partial charge is 0.497 e. The van der Waals surface area contributed by atoms with Gasteiger partial charge in [-0.05, 0) is 17.7 Å². The molecule has 0 bridgehead atoms. The molecule has 2 rings (SSSR count). The average molecular weight is 251 g/mol. The number of carbonyl (C=O) groups excluding carboxylic acids is 1. The molecule has 1 aliphatic rings. The Balaban J connectivity index is 2.05. The summed E-state index contributed by atoms with van der Waals surface area (Å²) in [6.45, 7) is 1.60. The quantitative estimate of drug-likeness (QED) is 0.804. The van der Waals surface area contributed by atoms with Crippen LogP contribution < -0.4 is 4.74 Å². The molecule has 98 valence electrons. The zero-order chi connectivity index (χ0) is 13.0. The molecular formula is C13H17NO4. The Hall–Kier alpha value is -1.75. The number of amides is 1. The summed E-state index contributed by atoms with van der Waals surface area (Å²) in [6.07, 6.45) is -0.416. The van der Waals surface area contributed by atoms with Crippen molar-refractivity contribution in [1.82, 2.24) is 4.90 Å². The molecule has 0 radical (unpaired) electrons. The number of hydrogen-bond donors (Lipinski definition) is 0. The predicted octanol–water partition coefficient (Wildman–Crippen LogP) is 1.83. The Labute approximate surface area is 106 Å². The van der Waals surface area contributed by atoms with E-state index in [0.717, 1.165) is 11.3 Å². The summed E-state index contributed by atoms with van der Waals surface area (Å²) in [5, 5.41) is 0. The van der Waals surface area contributed by atoms with E-state index in [-0.39, 0.29) is 12.2 Å². The minimum Gasteiger partial charge on any atom is -0.497 e. The van der Waals surface area contributed by atoms with Gasteiger partial charge >= 0.3 is 6.09 Å². The molecule has 0 spiro atoms. The fourth-order valence-electron chi connectivity index (χ4n) is 1.96. The van der Waals surface area contributed by atoms with Gasteiger partial charge in [-0.15, -0.1) is 0 Å². The number of morpholine rings is 1. The molecule has 5 nitrogen and oxygen atoms in total. The first kappa shape index (κ1) is 12.7. The Morgan fingerprint density at radius 2 is 2.06 bits per heavy atom. The average Bonchev–Trinajstić information content (AvgIpc) is 2.46. The Morgan fingerprint density at radius 1 is 1.33 bits per heavy atom. The zero-order valence-electron chi connectivity index (χ0n) is 10.6. The van der Waals surface area contributed by atoms with Gasteiger partial charge in [-0.3, -0.25) is 0 Å². The summed E-state index contributed by atoms with van der Waals surface area (Å²) in [5.41, 5.74) is 1.03. The molecule has 1 saturated heterocycles. The molecule has 5 heteroatoms.